The minimum absolute atomic E-state index is 0. The molecule has 65 heavy (non-hydrogen) atoms. The van der Waals surface area contributed by atoms with E-state index in [9.17, 15) is 25.9 Å². The summed E-state index contributed by atoms with van der Waals surface area (Å²) in [5.41, 5.74) is 3.18. The van der Waals surface area contributed by atoms with Crippen LogP contribution in [-0.4, -0.2) is 85.4 Å². The second-order valence-corrected chi connectivity index (χ2v) is 16.4. The van der Waals surface area contributed by atoms with E-state index in [4.69, 9.17) is 0 Å². The molecule has 0 aliphatic carbocycles. The Morgan fingerprint density at radius 1 is 0.338 bits per heavy atom. The molecule has 0 aliphatic rings. The summed E-state index contributed by atoms with van der Waals surface area (Å²) in [7, 11) is -9.71. The first-order valence-corrected chi connectivity index (χ1v) is 22.0. The second-order valence-electron chi connectivity index (χ2n) is 13.6. The van der Waals surface area contributed by atoms with Crippen LogP contribution in [0.4, 0.5) is 69.8 Å². The van der Waals surface area contributed by atoms with Crippen molar-refractivity contribution in [3.63, 3.8) is 0 Å². The fourth-order valence-corrected chi connectivity index (χ4v) is 7.49. The maximum atomic E-state index is 12.7. The zero-order valence-electron chi connectivity index (χ0n) is 33.2. The van der Waals surface area contributed by atoms with Gasteiger partial charge in [-0.25, -0.2) is 0 Å². The monoisotopic (exact) mass is 916 g/mol. The molecule has 0 aliphatic heterocycles. The van der Waals surface area contributed by atoms with Crippen LogP contribution in [0.1, 0.15) is 11.1 Å². The zero-order chi connectivity index (χ0) is 44.5. The zero-order valence-corrected chi connectivity index (χ0v) is 34.8. The molecule has 8 aromatic rings. The molecule has 0 atom stereocenters. The van der Waals surface area contributed by atoms with Crippen LogP contribution in [0.3, 0.4) is 0 Å². The molecule has 0 spiro atoms. The molecule has 322 valence electrons. The van der Waals surface area contributed by atoms with E-state index in [0.29, 0.717) is 22.7 Å². The van der Waals surface area contributed by atoms with Crippen molar-refractivity contribution < 1.29 is 25.9 Å². The van der Waals surface area contributed by atoms with Crippen molar-refractivity contribution in [3.05, 3.63) is 169 Å². The Morgan fingerprint density at radius 2 is 0.569 bits per heavy atom. The molecule has 18 nitrogen and oxygen atoms in total. The van der Waals surface area contributed by atoms with Crippen LogP contribution in [0.15, 0.2) is 168 Å². The van der Waals surface area contributed by atoms with Crippen LogP contribution in [-0.2, 0) is 20.2 Å². The molecule has 8 N–H and O–H groups in total. The van der Waals surface area contributed by atoms with Gasteiger partial charge in [0.05, 0.1) is 0 Å². The number of anilines is 12. The van der Waals surface area contributed by atoms with E-state index < -0.39 is 30.0 Å². The third kappa shape index (κ3) is 12.7. The van der Waals surface area contributed by atoms with Gasteiger partial charge in [-0.3, -0.25) is 9.11 Å². The molecule has 0 saturated carbocycles. The van der Waals surface area contributed by atoms with Gasteiger partial charge in [-0.1, -0.05) is 97.1 Å². The summed E-state index contributed by atoms with van der Waals surface area (Å²) < 4.78 is 71.6. The summed E-state index contributed by atoms with van der Waals surface area (Å²) in [4.78, 5) is 25.7. The summed E-state index contributed by atoms with van der Waals surface area (Å²) in [5.74, 6) is 0.775. The van der Waals surface area contributed by atoms with Gasteiger partial charge in [0.1, 0.15) is 9.79 Å². The fourth-order valence-electron chi connectivity index (χ4n) is 6.07. The average molecular weight is 917 g/mol. The number of hydrogen-bond donors (Lipinski definition) is 8. The molecule has 8 rings (SSSR count). The standard InChI is InChI=1S/C44H36N12O6S2.Na.H/c57-63(58,59)37-27-35(49-43-53-39(45-31-13-5-1-6-14-31)51-40(54-43)46-32-15-7-2-8-16-32)25-23-29(37)21-22-30-24-26-36(28-38(30)64(60,61)62)50-44-55-41(47-33-17-9-3-10-18-33)52-42(56-44)48-34-19-11-4-12-20-34;;/h1-28H,(H,57,58,59)(H,60,61,62)(H3,45,46,49,51,53,54)(H3,47,48,50,52,55,56);;. The Bertz CT molecular complexity index is 2850. The molecule has 2 aromatic heterocycles. The van der Waals surface area contributed by atoms with Gasteiger partial charge in [-0.05, 0) is 83.9 Å². The predicted octanol–water partition coefficient (Wildman–Crippen LogP) is 8.53. The van der Waals surface area contributed by atoms with Gasteiger partial charge in [0, 0.05) is 34.1 Å². The quantitative estimate of drug-likeness (QED) is 0.0256. The summed E-state index contributed by atoms with van der Waals surface area (Å²) in [6.07, 6.45) is 2.57. The molecule has 6 aromatic carbocycles. The molecule has 0 saturated heterocycles. The van der Waals surface area contributed by atoms with Crippen LogP contribution < -0.4 is 31.9 Å². The van der Waals surface area contributed by atoms with Gasteiger partial charge in [0.15, 0.2) is 0 Å². The Hall–Kier alpha value is -7.30. The number of hydrogen-bond acceptors (Lipinski definition) is 16. The Kier molecular flexibility index (Phi) is 14.4. The van der Waals surface area contributed by atoms with Gasteiger partial charge >= 0.3 is 29.6 Å². The van der Waals surface area contributed by atoms with Gasteiger partial charge in [0.2, 0.25) is 35.7 Å². The molecule has 0 radical (unpaired) electrons. The van der Waals surface area contributed by atoms with Gasteiger partial charge in [0.25, 0.3) is 20.2 Å². The van der Waals surface area contributed by atoms with Crippen LogP contribution in [0.25, 0.3) is 12.2 Å². The van der Waals surface area contributed by atoms with Crippen molar-refractivity contribution >= 4 is 132 Å². The van der Waals surface area contributed by atoms with E-state index in [2.05, 4.69) is 61.8 Å². The Balaban J connectivity index is 0.00000630. The van der Waals surface area contributed by atoms with Crippen molar-refractivity contribution in [2.45, 2.75) is 9.79 Å². The molecular formula is C44H37N12NaO6S2. The third-order valence-electron chi connectivity index (χ3n) is 8.93. The van der Waals surface area contributed by atoms with Gasteiger partial charge in [-0.15, -0.1) is 0 Å². The summed E-state index contributed by atoms with van der Waals surface area (Å²) >= 11 is 0. The first-order valence-electron chi connectivity index (χ1n) is 19.2. The first kappa shape index (κ1) is 45.7. The van der Waals surface area contributed by atoms with Crippen LogP contribution in [0.2, 0.25) is 0 Å². The van der Waals surface area contributed by atoms with E-state index >= 15 is 0 Å². The first-order chi connectivity index (χ1) is 30.9. The number of rotatable bonds is 16. The third-order valence-corrected chi connectivity index (χ3v) is 10.7. The topological polar surface area (TPSA) is 258 Å². The van der Waals surface area contributed by atoms with Crippen molar-refractivity contribution in [2.75, 3.05) is 31.9 Å². The Morgan fingerprint density at radius 3 is 0.800 bits per heavy atom. The number of aromatic nitrogens is 6. The maximum absolute atomic E-state index is 12.7. The van der Waals surface area contributed by atoms with E-state index in [0.717, 1.165) is 0 Å². The summed E-state index contributed by atoms with van der Waals surface area (Å²) in [6, 6.07) is 45.0. The molecule has 2 heterocycles. The predicted molar refractivity (Wildman–Crippen MR) is 254 cm³/mol. The molecule has 0 unspecified atom stereocenters. The number of nitrogens with zero attached hydrogens (tertiary/aromatic N) is 6. The van der Waals surface area contributed by atoms with Crippen LogP contribution in [0.5, 0.6) is 0 Å². The fraction of sp³-hybridized carbons (Fsp3) is 0. The van der Waals surface area contributed by atoms with E-state index in [1.54, 1.807) is 0 Å². The van der Waals surface area contributed by atoms with Gasteiger partial charge in [-0.2, -0.15) is 46.7 Å². The van der Waals surface area contributed by atoms with Crippen LogP contribution in [0, 0.1) is 0 Å². The number of benzene rings is 6. The van der Waals surface area contributed by atoms with E-state index in [1.807, 2.05) is 121 Å². The van der Waals surface area contributed by atoms with Crippen molar-refractivity contribution in [1.29, 1.82) is 0 Å². The normalized spacial score (nSPS) is 11.3. The summed E-state index contributed by atoms with van der Waals surface area (Å²) in [5, 5.41) is 18.4. The summed E-state index contributed by atoms with van der Waals surface area (Å²) in [6.45, 7) is 0. The van der Waals surface area contributed by atoms with Crippen molar-refractivity contribution in [2.24, 2.45) is 0 Å². The van der Waals surface area contributed by atoms with E-state index in [-0.39, 0.29) is 87.7 Å². The molecular weight excluding hydrogens is 880 g/mol. The van der Waals surface area contributed by atoms with Crippen molar-refractivity contribution in [1.82, 2.24) is 29.9 Å². The minimum atomic E-state index is -4.85. The molecule has 0 amide bonds. The van der Waals surface area contributed by atoms with Gasteiger partial charge < -0.3 is 31.9 Å². The molecule has 21 heteroatoms. The van der Waals surface area contributed by atoms with E-state index in [1.165, 1.54) is 48.6 Å². The molecule has 0 bridgehead atoms. The number of nitrogens with one attached hydrogen (secondary N) is 6. The number of para-hydroxylation sites is 4. The van der Waals surface area contributed by atoms with Crippen molar-refractivity contribution in [3.8, 4) is 0 Å². The molecule has 0 fully saturated rings. The van der Waals surface area contributed by atoms with Crippen LogP contribution >= 0.6 is 0 Å². The average Bonchev–Trinajstić information content (AvgIpc) is 3.27. The second kappa shape index (κ2) is 20.5. The Labute approximate surface area is 395 Å². The SMILES string of the molecule is O=S(=O)(O)c1cc(Nc2nc(Nc3ccccc3)nc(Nc3ccccc3)n2)ccc1C=Cc1ccc(Nc2nc(Nc3ccccc3)nc(Nc3ccccc3)n2)cc1S(=O)(=O)O.[NaH].